The van der Waals surface area contributed by atoms with Crippen molar-refractivity contribution in [2.75, 3.05) is 5.75 Å². The Bertz CT molecular complexity index is 305. The van der Waals surface area contributed by atoms with E-state index in [1.54, 1.807) is 13.8 Å². The lowest BCUT2D eigenvalue weighted by Crippen LogP contribution is -2.44. The lowest BCUT2D eigenvalue weighted by atomic mass is 9.89. The molecule has 0 unspecified atom stereocenters. The fourth-order valence-corrected chi connectivity index (χ4v) is 3.01. The van der Waals surface area contributed by atoms with Crippen LogP contribution >= 0.6 is 0 Å². The highest BCUT2D eigenvalue weighted by Crippen LogP contribution is 2.36. The standard InChI is InChI=1S/C9H19F2NO2S/c1-7(2)12-15(13,14)6-8(3,4)9(5,10)11/h7,12H,6H2,1-5H3. The topological polar surface area (TPSA) is 46.2 Å². The van der Waals surface area contributed by atoms with Gasteiger partial charge in [-0.05, 0) is 20.8 Å². The molecule has 0 amide bonds. The normalized spacial score (nSPS) is 14.7. The maximum Gasteiger partial charge on any atom is 0.251 e. The fourth-order valence-electron chi connectivity index (χ4n) is 1.00. The largest absolute Gasteiger partial charge is 0.251 e. The summed E-state index contributed by atoms with van der Waals surface area (Å²) in [5.41, 5.74) is -1.58. The van der Waals surface area contributed by atoms with Crippen LogP contribution in [0.15, 0.2) is 0 Å². The number of hydrogen-bond acceptors (Lipinski definition) is 2. The van der Waals surface area contributed by atoms with Gasteiger partial charge in [0.05, 0.1) is 5.75 Å². The van der Waals surface area contributed by atoms with Gasteiger partial charge in [0.15, 0.2) is 0 Å². The Balaban J connectivity index is 4.74. The first-order valence-electron chi connectivity index (χ1n) is 4.75. The van der Waals surface area contributed by atoms with Crippen molar-refractivity contribution in [2.45, 2.75) is 46.6 Å². The minimum Gasteiger partial charge on any atom is -0.213 e. The maximum absolute atomic E-state index is 13.1. The average Bonchev–Trinajstić information content (AvgIpc) is 1.75. The van der Waals surface area contributed by atoms with E-state index in [-0.39, 0.29) is 6.04 Å². The number of rotatable bonds is 5. The zero-order valence-electron chi connectivity index (χ0n) is 9.77. The van der Waals surface area contributed by atoms with Crippen LogP contribution in [0, 0.1) is 5.41 Å². The third-order valence-corrected chi connectivity index (χ3v) is 4.09. The van der Waals surface area contributed by atoms with E-state index in [1.165, 1.54) is 13.8 Å². The fraction of sp³-hybridized carbons (Fsp3) is 1.00. The van der Waals surface area contributed by atoms with Gasteiger partial charge in [-0.2, -0.15) is 0 Å². The third-order valence-electron chi connectivity index (χ3n) is 2.15. The molecule has 0 saturated carbocycles. The first-order valence-corrected chi connectivity index (χ1v) is 6.40. The van der Waals surface area contributed by atoms with Crippen molar-refractivity contribution >= 4 is 10.0 Å². The number of alkyl halides is 2. The van der Waals surface area contributed by atoms with Crippen LogP contribution in [0.25, 0.3) is 0 Å². The molecular formula is C9H19F2NO2S. The Morgan fingerprint density at radius 2 is 1.60 bits per heavy atom. The van der Waals surface area contributed by atoms with Crippen LogP contribution in [0.3, 0.4) is 0 Å². The molecule has 0 heterocycles. The monoisotopic (exact) mass is 243 g/mol. The summed E-state index contributed by atoms with van der Waals surface area (Å²) >= 11 is 0. The molecule has 0 aliphatic heterocycles. The lowest BCUT2D eigenvalue weighted by Gasteiger charge is -2.31. The van der Waals surface area contributed by atoms with E-state index in [0.717, 1.165) is 6.92 Å². The van der Waals surface area contributed by atoms with Crippen LogP contribution in [0.5, 0.6) is 0 Å². The molecule has 15 heavy (non-hydrogen) atoms. The highest BCUT2D eigenvalue weighted by atomic mass is 32.2. The summed E-state index contributed by atoms with van der Waals surface area (Å²) in [5, 5.41) is 0. The van der Waals surface area contributed by atoms with E-state index in [1.807, 2.05) is 0 Å². The summed E-state index contributed by atoms with van der Waals surface area (Å²) in [4.78, 5) is 0. The summed E-state index contributed by atoms with van der Waals surface area (Å²) in [5.74, 6) is -3.61. The molecular weight excluding hydrogens is 224 g/mol. The van der Waals surface area contributed by atoms with Crippen LogP contribution in [-0.2, 0) is 10.0 Å². The van der Waals surface area contributed by atoms with Crippen molar-refractivity contribution in [3.05, 3.63) is 0 Å². The molecule has 3 nitrogen and oxygen atoms in total. The van der Waals surface area contributed by atoms with Crippen molar-refractivity contribution in [2.24, 2.45) is 5.41 Å². The van der Waals surface area contributed by atoms with E-state index < -0.39 is 27.1 Å². The minimum absolute atomic E-state index is 0.281. The summed E-state index contributed by atoms with van der Waals surface area (Å²) < 4.78 is 51.4. The van der Waals surface area contributed by atoms with Gasteiger partial charge >= 0.3 is 0 Å². The molecule has 0 radical (unpaired) electrons. The van der Waals surface area contributed by atoms with E-state index in [2.05, 4.69) is 4.72 Å². The zero-order chi connectivity index (χ0) is 12.5. The Morgan fingerprint density at radius 1 is 1.20 bits per heavy atom. The Morgan fingerprint density at radius 3 is 1.87 bits per heavy atom. The molecule has 0 spiro atoms. The molecule has 0 aliphatic carbocycles. The lowest BCUT2D eigenvalue weighted by molar-refractivity contribution is -0.0768. The summed E-state index contributed by atoms with van der Waals surface area (Å²) in [7, 11) is -3.65. The van der Waals surface area contributed by atoms with Gasteiger partial charge in [-0.15, -0.1) is 0 Å². The number of nitrogens with one attached hydrogen (secondary N) is 1. The Labute approximate surface area is 90.3 Å². The molecule has 0 aromatic carbocycles. The van der Waals surface area contributed by atoms with Crippen LogP contribution < -0.4 is 4.72 Å². The molecule has 0 fully saturated rings. The molecule has 0 saturated heterocycles. The highest BCUT2D eigenvalue weighted by molar-refractivity contribution is 7.89. The maximum atomic E-state index is 13.1. The van der Waals surface area contributed by atoms with E-state index in [4.69, 9.17) is 0 Å². The van der Waals surface area contributed by atoms with Gasteiger partial charge < -0.3 is 0 Å². The van der Waals surface area contributed by atoms with Gasteiger partial charge in [0.1, 0.15) is 0 Å². The molecule has 0 aromatic heterocycles. The Hall–Kier alpha value is -0.230. The predicted octanol–water partition coefficient (Wildman–Crippen LogP) is 2.00. The predicted molar refractivity (Wildman–Crippen MR) is 56.5 cm³/mol. The number of hydrogen-bond donors (Lipinski definition) is 1. The van der Waals surface area contributed by atoms with Crippen LogP contribution in [-0.4, -0.2) is 26.1 Å². The van der Waals surface area contributed by atoms with Crippen LogP contribution in [0.1, 0.15) is 34.6 Å². The van der Waals surface area contributed by atoms with Gasteiger partial charge in [-0.3, -0.25) is 0 Å². The SMILES string of the molecule is CC(C)NS(=O)(=O)CC(C)(C)C(C)(F)F. The molecule has 0 bridgehead atoms. The number of halogens is 2. The Kier molecular flexibility index (Phi) is 4.26. The van der Waals surface area contributed by atoms with Crippen molar-refractivity contribution < 1.29 is 17.2 Å². The highest BCUT2D eigenvalue weighted by Gasteiger charge is 2.45. The van der Waals surface area contributed by atoms with Crippen LogP contribution in [0.2, 0.25) is 0 Å². The molecule has 0 rings (SSSR count). The van der Waals surface area contributed by atoms with Gasteiger partial charge in [0.25, 0.3) is 5.92 Å². The van der Waals surface area contributed by atoms with Gasteiger partial charge in [0.2, 0.25) is 10.0 Å². The van der Waals surface area contributed by atoms with Gasteiger partial charge in [0, 0.05) is 11.5 Å². The van der Waals surface area contributed by atoms with E-state index in [9.17, 15) is 17.2 Å². The first kappa shape index (κ1) is 14.8. The molecule has 0 atom stereocenters. The summed E-state index contributed by atoms with van der Waals surface area (Å²) in [6.45, 7) is 6.51. The van der Waals surface area contributed by atoms with Crippen LogP contribution in [0.4, 0.5) is 8.78 Å². The van der Waals surface area contributed by atoms with Crippen molar-refractivity contribution in [1.29, 1.82) is 0 Å². The summed E-state index contributed by atoms with van der Waals surface area (Å²) in [6, 6.07) is -0.281. The van der Waals surface area contributed by atoms with Crippen molar-refractivity contribution in [3.8, 4) is 0 Å². The van der Waals surface area contributed by atoms with Crippen molar-refractivity contribution in [1.82, 2.24) is 4.72 Å². The molecule has 6 heteroatoms. The molecule has 0 aliphatic rings. The smallest absolute Gasteiger partial charge is 0.213 e. The second-order valence-corrected chi connectivity index (χ2v) is 6.56. The van der Waals surface area contributed by atoms with E-state index >= 15 is 0 Å². The number of sulfonamides is 1. The molecule has 92 valence electrons. The zero-order valence-corrected chi connectivity index (χ0v) is 10.6. The van der Waals surface area contributed by atoms with Gasteiger partial charge in [-0.25, -0.2) is 21.9 Å². The quantitative estimate of drug-likeness (QED) is 0.802. The average molecular weight is 243 g/mol. The molecule has 0 aromatic rings. The molecule has 1 N–H and O–H groups in total. The summed E-state index contributed by atoms with van der Waals surface area (Å²) in [6.07, 6.45) is 0. The minimum atomic E-state index is -3.65. The third kappa shape index (κ3) is 4.88. The second-order valence-electron chi connectivity index (χ2n) is 4.80. The second kappa shape index (κ2) is 4.33. The van der Waals surface area contributed by atoms with E-state index in [0.29, 0.717) is 0 Å². The van der Waals surface area contributed by atoms with Crippen molar-refractivity contribution in [3.63, 3.8) is 0 Å². The first-order chi connectivity index (χ1) is 6.37. The van der Waals surface area contributed by atoms with Gasteiger partial charge in [-0.1, -0.05) is 13.8 Å².